The zero-order valence-electron chi connectivity index (χ0n) is 15.2. The number of nitrogens with zero attached hydrogens (tertiary/aromatic N) is 2. The van der Waals surface area contributed by atoms with Crippen molar-refractivity contribution >= 4 is 29.0 Å². The van der Waals surface area contributed by atoms with Crippen LogP contribution >= 0.6 is 23.1 Å². The molecule has 1 fully saturated rings. The number of amides is 1. The van der Waals surface area contributed by atoms with Crippen molar-refractivity contribution in [1.82, 2.24) is 9.88 Å². The summed E-state index contributed by atoms with van der Waals surface area (Å²) in [6.45, 7) is 5.86. The largest absolute Gasteiger partial charge is 0.497 e. The van der Waals surface area contributed by atoms with Gasteiger partial charge in [-0.05, 0) is 37.1 Å². The number of carbonyl (C=O) groups is 1. The maximum atomic E-state index is 12.0. The summed E-state index contributed by atoms with van der Waals surface area (Å²) in [6, 6.07) is 7.93. The van der Waals surface area contributed by atoms with E-state index < -0.39 is 0 Å². The Labute approximate surface area is 158 Å². The van der Waals surface area contributed by atoms with Gasteiger partial charge in [0.25, 0.3) is 0 Å². The molecule has 136 valence electrons. The highest BCUT2D eigenvalue weighted by Gasteiger charge is 2.17. The van der Waals surface area contributed by atoms with Crippen molar-refractivity contribution in [3.63, 3.8) is 0 Å². The molecular formula is C19H26N2O2S2. The van der Waals surface area contributed by atoms with E-state index in [-0.39, 0.29) is 5.91 Å². The van der Waals surface area contributed by atoms with Crippen LogP contribution in [0.15, 0.2) is 29.6 Å². The fourth-order valence-electron chi connectivity index (χ4n) is 2.54. The molecule has 4 nitrogen and oxygen atoms in total. The summed E-state index contributed by atoms with van der Waals surface area (Å²) < 4.78 is 5.17. The van der Waals surface area contributed by atoms with Crippen molar-refractivity contribution in [3.8, 4) is 16.3 Å². The Morgan fingerprint density at radius 3 is 2.56 bits per heavy atom. The van der Waals surface area contributed by atoms with Crippen LogP contribution in [0, 0.1) is 0 Å². The number of rotatable bonds is 6. The van der Waals surface area contributed by atoms with Gasteiger partial charge in [-0.25, -0.2) is 4.98 Å². The molecule has 0 N–H and O–H groups in total. The lowest BCUT2D eigenvalue weighted by atomic mass is 10.2. The number of benzene rings is 1. The minimum atomic E-state index is 0.262. The molecule has 1 aliphatic rings. The molecule has 0 radical (unpaired) electrons. The monoisotopic (exact) mass is 378 g/mol. The average Bonchev–Trinajstić information content (AvgIpc) is 3.35. The number of ether oxygens (including phenoxy) is 1. The first-order chi connectivity index (χ1) is 12.3. The van der Waals surface area contributed by atoms with Crippen molar-refractivity contribution in [2.45, 2.75) is 32.4 Å². The first-order valence-corrected chi connectivity index (χ1v) is 10.7. The van der Waals surface area contributed by atoms with E-state index in [9.17, 15) is 4.79 Å². The van der Waals surface area contributed by atoms with E-state index in [1.54, 1.807) is 30.2 Å². The highest BCUT2D eigenvalue weighted by Crippen LogP contribution is 2.27. The minimum absolute atomic E-state index is 0.262. The van der Waals surface area contributed by atoms with Gasteiger partial charge >= 0.3 is 0 Å². The second-order valence-corrected chi connectivity index (χ2v) is 7.30. The fraction of sp³-hybridized carbons (Fsp3) is 0.474. The van der Waals surface area contributed by atoms with E-state index in [0.29, 0.717) is 5.75 Å². The molecule has 1 aromatic heterocycles. The fourth-order valence-corrected chi connectivity index (χ4v) is 4.29. The molecule has 2 aromatic rings. The van der Waals surface area contributed by atoms with Crippen LogP contribution in [0.1, 0.15) is 32.4 Å². The number of hydrogen-bond donors (Lipinski definition) is 0. The number of thioether (sulfide) groups is 1. The average molecular weight is 379 g/mol. The van der Waals surface area contributed by atoms with Crippen LogP contribution in [0.3, 0.4) is 0 Å². The number of hydrogen-bond acceptors (Lipinski definition) is 5. The molecule has 6 heteroatoms. The number of thiazole rings is 1. The van der Waals surface area contributed by atoms with Gasteiger partial charge in [-0.2, -0.15) is 0 Å². The zero-order valence-corrected chi connectivity index (χ0v) is 16.8. The third kappa shape index (κ3) is 5.75. The summed E-state index contributed by atoms with van der Waals surface area (Å²) in [6.07, 6.45) is 2.29. The van der Waals surface area contributed by atoms with Crippen LogP contribution in [0.2, 0.25) is 0 Å². The Morgan fingerprint density at radius 1 is 1.24 bits per heavy atom. The molecule has 0 bridgehead atoms. The Hall–Kier alpha value is -1.53. The Kier molecular flexibility index (Phi) is 8.28. The lowest BCUT2D eigenvalue weighted by Gasteiger charge is -2.14. The van der Waals surface area contributed by atoms with Gasteiger partial charge < -0.3 is 9.64 Å². The second-order valence-electron chi connectivity index (χ2n) is 5.45. The molecule has 0 spiro atoms. The summed E-state index contributed by atoms with van der Waals surface area (Å²) in [5.74, 6) is 2.45. The highest BCUT2D eigenvalue weighted by molar-refractivity contribution is 7.99. The smallest absolute Gasteiger partial charge is 0.232 e. The van der Waals surface area contributed by atoms with Crippen LogP contribution < -0.4 is 4.74 Å². The molecule has 0 atom stereocenters. The van der Waals surface area contributed by atoms with Crippen molar-refractivity contribution in [1.29, 1.82) is 0 Å². The molecule has 1 aromatic carbocycles. The third-order valence-corrected chi connectivity index (χ3v) is 5.71. The molecule has 1 saturated heterocycles. The van der Waals surface area contributed by atoms with Gasteiger partial charge in [0.15, 0.2) is 0 Å². The Bertz CT molecular complexity index is 650. The van der Waals surface area contributed by atoms with E-state index in [2.05, 4.69) is 10.4 Å². The molecule has 25 heavy (non-hydrogen) atoms. The zero-order chi connectivity index (χ0) is 18.1. The van der Waals surface area contributed by atoms with Crippen molar-refractivity contribution in [2.75, 3.05) is 26.0 Å². The number of methoxy groups -OCH3 is 1. The maximum absolute atomic E-state index is 12.0. The molecule has 1 aliphatic heterocycles. The topological polar surface area (TPSA) is 42.4 Å². The van der Waals surface area contributed by atoms with Crippen LogP contribution in [0.25, 0.3) is 10.6 Å². The van der Waals surface area contributed by atoms with E-state index in [4.69, 9.17) is 4.74 Å². The van der Waals surface area contributed by atoms with Gasteiger partial charge in [-0.1, -0.05) is 13.8 Å². The van der Waals surface area contributed by atoms with Gasteiger partial charge in [0.2, 0.25) is 5.91 Å². The standard InChI is InChI=1S/C17H20N2O2S2.C2H6/c1-21-15-6-4-13(5-7-15)17-18-14(11-23-17)10-22-12-16(20)19-8-2-3-9-19;1-2/h4-7,11H,2-3,8-10,12H2,1H3;1-2H3. The summed E-state index contributed by atoms with van der Waals surface area (Å²) in [7, 11) is 1.66. The number of likely N-dealkylation sites (tertiary alicyclic amines) is 1. The van der Waals surface area contributed by atoms with Crippen LogP contribution in [0.5, 0.6) is 5.75 Å². The third-order valence-electron chi connectivity index (χ3n) is 3.82. The second kappa shape index (κ2) is 10.5. The lowest BCUT2D eigenvalue weighted by Crippen LogP contribution is -2.29. The number of carbonyl (C=O) groups excluding carboxylic acids is 1. The maximum Gasteiger partial charge on any atom is 0.232 e. The predicted octanol–water partition coefficient (Wildman–Crippen LogP) is 4.70. The van der Waals surface area contributed by atoms with Gasteiger partial charge in [0.05, 0.1) is 18.6 Å². The first kappa shape index (κ1) is 19.8. The molecule has 0 aliphatic carbocycles. The summed E-state index contributed by atoms with van der Waals surface area (Å²) in [5.41, 5.74) is 2.14. The quantitative estimate of drug-likeness (QED) is 0.731. The molecule has 0 saturated carbocycles. The van der Waals surface area contributed by atoms with Gasteiger partial charge in [0.1, 0.15) is 10.8 Å². The Balaban J connectivity index is 0.00000109. The molecule has 0 unspecified atom stereocenters. The lowest BCUT2D eigenvalue weighted by molar-refractivity contribution is -0.127. The summed E-state index contributed by atoms with van der Waals surface area (Å²) >= 11 is 3.29. The van der Waals surface area contributed by atoms with E-state index in [0.717, 1.165) is 53.7 Å². The van der Waals surface area contributed by atoms with Crippen molar-refractivity contribution < 1.29 is 9.53 Å². The van der Waals surface area contributed by atoms with E-state index in [1.807, 2.05) is 43.0 Å². The van der Waals surface area contributed by atoms with Crippen LogP contribution in [-0.2, 0) is 10.5 Å². The highest BCUT2D eigenvalue weighted by atomic mass is 32.2. The van der Waals surface area contributed by atoms with Crippen LogP contribution in [-0.4, -0.2) is 41.7 Å². The van der Waals surface area contributed by atoms with Gasteiger partial charge in [-0.3, -0.25) is 4.79 Å². The van der Waals surface area contributed by atoms with Gasteiger partial charge in [-0.15, -0.1) is 23.1 Å². The SMILES string of the molecule is CC.COc1ccc(-c2nc(CSCC(=O)N3CCCC3)cs2)cc1. The van der Waals surface area contributed by atoms with Gasteiger partial charge in [0, 0.05) is 29.8 Å². The number of aromatic nitrogens is 1. The minimum Gasteiger partial charge on any atom is -0.497 e. The first-order valence-electron chi connectivity index (χ1n) is 8.70. The van der Waals surface area contributed by atoms with Crippen molar-refractivity contribution in [2.24, 2.45) is 0 Å². The van der Waals surface area contributed by atoms with Crippen LogP contribution in [0.4, 0.5) is 0 Å². The van der Waals surface area contributed by atoms with Crippen molar-refractivity contribution in [3.05, 3.63) is 35.3 Å². The molecule has 1 amide bonds. The Morgan fingerprint density at radius 2 is 1.92 bits per heavy atom. The summed E-state index contributed by atoms with van der Waals surface area (Å²) in [4.78, 5) is 18.6. The predicted molar refractivity (Wildman–Crippen MR) is 107 cm³/mol. The van der Waals surface area contributed by atoms with E-state index >= 15 is 0 Å². The normalized spacial score (nSPS) is 13.3. The van der Waals surface area contributed by atoms with E-state index in [1.165, 1.54) is 0 Å². The molecular weight excluding hydrogens is 352 g/mol. The molecule has 3 rings (SSSR count). The summed E-state index contributed by atoms with van der Waals surface area (Å²) in [5, 5.41) is 3.08. The molecule has 2 heterocycles.